The molecule has 0 spiro atoms. The van der Waals surface area contributed by atoms with Crippen molar-refractivity contribution in [2.24, 2.45) is 0 Å². The van der Waals surface area contributed by atoms with Gasteiger partial charge in [0.05, 0.1) is 23.5 Å². The number of para-hydroxylation sites is 1. The smallest absolute Gasteiger partial charge is 0.250 e. The highest BCUT2D eigenvalue weighted by Gasteiger charge is 2.38. The highest BCUT2D eigenvalue weighted by molar-refractivity contribution is 6.31. The van der Waals surface area contributed by atoms with E-state index in [0.717, 1.165) is 12.1 Å². The summed E-state index contributed by atoms with van der Waals surface area (Å²) in [6.07, 6.45) is -0.249. The number of nitrogens with zero attached hydrogens (tertiary/aromatic N) is 2. The summed E-state index contributed by atoms with van der Waals surface area (Å²) >= 11 is 6.22. The molecule has 3 aromatic carbocycles. The molecule has 3 aromatic rings. The molecule has 0 saturated heterocycles. The summed E-state index contributed by atoms with van der Waals surface area (Å²) < 4.78 is 27.1. The van der Waals surface area contributed by atoms with Gasteiger partial charge >= 0.3 is 0 Å². The van der Waals surface area contributed by atoms with E-state index in [1.165, 1.54) is 4.90 Å². The lowest BCUT2D eigenvalue weighted by Crippen LogP contribution is -2.51. The van der Waals surface area contributed by atoms with Gasteiger partial charge in [-0.15, -0.1) is 0 Å². The molecule has 1 aliphatic rings. The van der Waals surface area contributed by atoms with Crippen molar-refractivity contribution in [3.63, 3.8) is 0 Å². The Hall–Kier alpha value is -3.45. The number of carbonyl (C=O) groups excluding carboxylic acids is 2. The van der Waals surface area contributed by atoms with Gasteiger partial charge in [-0.25, -0.2) is 8.78 Å². The Bertz CT molecular complexity index is 1160. The quantitative estimate of drug-likeness (QED) is 0.610. The van der Waals surface area contributed by atoms with E-state index in [1.807, 2.05) is 30.3 Å². The lowest BCUT2D eigenvalue weighted by molar-refractivity contribution is -0.123. The molecule has 2 amide bonds. The average molecular weight is 442 g/mol. The van der Waals surface area contributed by atoms with Crippen LogP contribution >= 0.6 is 11.6 Å². The van der Waals surface area contributed by atoms with Gasteiger partial charge in [0, 0.05) is 23.8 Å². The van der Waals surface area contributed by atoms with Crippen molar-refractivity contribution in [1.29, 1.82) is 0 Å². The summed E-state index contributed by atoms with van der Waals surface area (Å²) in [7, 11) is 1.63. The number of benzene rings is 3. The zero-order valence-electron chi connectivity index (χ0n) is 16.5. The highest BCUT2D eigenvalue weighted by atomic mass is 35.5. The number of carbonyl (C=O) groups is 2. The molecule has 0 fully saturated rings. The fraction of sp³-hybridized carbons (Fsp3) is 0.130. The van der Waals surface area contributed by atoms with Crippen LogP contribution in [0, 0.1) is 11.6 Å². The molecule has 31 heavy (non-hydrogen) atoms. The van der Waals surface area contributed by atoms with Gasteiger partial charge in [-0.2, -0.15) is 0 Å². The standard InChI is InChI=1S/C23H18ClF2N3O2/c1-28-19-10-7-14(24)11-20(19)29(16-5-3-2-4-6-16)21(23(28)31)13-22(30)27-18-9-8-15(25)12-17(18)26/h2-12,21H,13H2,1H3,(H,27,30). The van der Waals surface area contributed by atoms with E-state index < -0.39 is 23.6 Å². The van der Waals surface area contributed by atoms with Crippen molar-refractivity contribution in [1.82, 2.24) is 0 Å². The monoisotopic (exact) mass is 441 g/mol. The fourth-order valence-corrected chi connectivity index (χ4v) is 3.81. The maximum atomic E-state index is 14.0. The molecular formula is C23H18ClF2N3O2. The summed E-state index contributed by atoms with van der Waals surface area (Å²) in [4.78, 5) is 29.2. The second-order valence-corrected chi connectivity index (χ2v) is 7.56. The van der Waals surface area contributed by atoms with Crippen LogP contribution in [-0.4, -0.2) is 24.9 Å². The van der Waals surface area contributed by atoms with E-state index in [1.54, 1.807) is 30.1 Å². The summed E-state index contributed by atoms with van der Waals surface area (Å²) in [5.74, 6) is -2.52. The Morgan fingerprint density at radius 3 is 2.48 bits per heavy atom. The normalized spacial score (nSPS) is 15.6. The first kappa shape index (κ1) is 20.8. The van der Waals surface area contributed by atoms with E-state index in [-0.39, 0.29) is 18.0 Å². The van der Waals surface area contributed by atoms with Crippen LogP contribution in [0.1, 0.15) is 6.42 Å². The summed E-state index contributed by atoms with van der Waals surface area (Å²) in [6.45, 7) is 0. The SMILES string of the molecule is CN1C(=O)C(CC(=O)Nc2ccc(F)cc2F)N(c2ccccc2)c2cc(Cl)ccc21. The van der Waals surface area contributed by atoms with Gasteiger partial charge in [-0.3, -0.25) is 9.59 Å². The lowest BCUT2D eigenvalue weighted by Gasteiger charge is -2.41. The van der Waals surface area contributed by atoms with Gasteiger partial charge in [0.2, 0.25) is 11.8 Å². The van der Waals surface area contributed by atoms with Crippen LogP contribution in [0.3, 0.4) is 0 Å². The van der Waals surface area contributed by atoms with Crippen molar-refractivity contribution in [2.45, 2.75) is 12.5 Å². The summed E-state index contributed by atoms with van der Waals surface area (Å²) in [5, 5.41) is 2.91. The first-order valence-corrected chi connectivity index (χ1v) is 9.89. The largest absolute Gasteiger partial charge is 0.327 e. The summed E-state index contributed by atoms with van der Waals surface area (Å²) in [5.41, 5.74) is 1.88. The van der Waals surface area contributed by atoms with E-state index in [2.05, 4.69) is 5.32 Å². The number of hydrogen-bond donors (Lipinski definition) is 1. The third kappa shape index (κ3) is 4.09. The van der Waals surface area contributed by atoms with Crippen LogP contribution in [0.5, 0.6) is 0 Å². The van der Waals surface area contributed by atoms with Gasteiger partial charge in [-0.05, 0) is 42.5 Å². The minimum atomic E-state index is -0.891. The van der Waals surface area contributed by atoms with Crippen molar-refractivity contribution >= 4 is 46.2 Å². The molecule has 1 unspecified atom stereocenters. The molecule has 1 N–H and O–H groups in total. The molecule has 1 aliphatic heterocycles. The molecule has 4 rings (SSSR count). The zero-order valence-corrected chi connectivity index (χ0v) is 17.2. The number of anilines is 4. The van der Waals surface area contributed by atoms with Crippen molar-refractivity contribution in [3.05, 3.63) is 83.4 Å². The number of halogens is 3. The third-order valence-electron chi connectivity index (χ3n) is 5.10. The zero-order chi connectivity index (χ0) is 22.1. The van der Waals surface area contributed by atoms with E-state index in [4.69, 9.17) is 11.6 Å². The molecule has 0 radical (unpaired) electrons. The Kier molecular flexibility index (Phi) is 5.61. The average Bonchev–Trinajstić information content (AvgIpc) is 2.74. The number of rotatable bonds is 4. The molecule has 8 heteroatoms. The van der Waals surface area contributed by atoms with E-state index in [9.17, 15) is 18.4 Å². The maximum absolute atomic E-state index is 14.0. The molecule has 0 bridgehead atoms. The molecule has 0 saturated carbocycles. The lowest BCUT2D eigenvalue weighted by atomic mass is 10.0. The second kappa shape index (κ2) is 8.35. The van der Waals surface area contributed by atoms with Crippen LogP contribution in [0.2, 0.25) is 5.02 Å². The highest BCUT2D eigenvalue weighted by Crippen LogP contribution is 2.42. The topological polar surface area (TPSA) is 52.7 Å². The van der Waals surface area contributed by atoms with Gasteiger partial charge in [0.15, 0.2) is 0 Å². The molecular weight excluding hydrogens is 424 g/mol. The first-order valence-electron chi connectivity index (χ1n) is 9.51. The van der Waals surface area contributed by atoms with Crippen molar-refractivity contribution in [2.75, 3.05) is 22.2 Å². The molecule has 5 nitrogen and oxygen atoms in total. The van der Waals surface area contributed by atoms with Crippen LogP contribution in [-0.2, 0) is 9.59 Å². The number of hydrogen-bond acceptors (Lipinski definition) is 3. The minimum Gasteiger partial charge on any atom is -0.327 e. The molecule has 0 aliphatic carbocycles. The predicted molar refractivity (Wildman–Crippen MR) is 117 cm³/mol. The minimum absolute atomic E-state index is 0.155. The van der Waals surface area contributed by atoms with Crippen LogP contribution in [0.15, 0.2) is 66.7 Å². The van der Waals surface area contributed by atoms with Crippen molar-refractivity contribution < 1.29 is 18.4 Å². The first-order chi connectivity index (χ1) is 14.8. The van der Waals surface area contributed by atoms with Gasteiger partial charge in [0.25, 0.3) is 0 Å². The Balaban J connectivity index is 1.70. The third-order valence-corrected chi connectivity index (χ3v) is 5.34. The number of nitrogens with one attached hydrogen (secondary N) is 1. The Morgan fingerprint density at radius 1 is 1.03 bits per heavy atom. The molecule has 0 aromatic heterocycles. The van der Waals surface area contributed by atoms with Crippen LogP contribution < -0.4 is 15.1 Å². The van der Waals surface area contributed by atoms with E-state index >= 15 is 0 Å². The Morgan fingerprint density at radius 2 is 1.77 bits per heavy atom. The summed E-state index contributed by atoms with van der Waals surface area (Å²) in [6, 6.07) is 16.3. The number of likely N-dealkylation sites (N-methyl/N-ethyl adjacent to an activating group) is 1. The van der Waals surface area contributed by atoms with Gasteiger partial charge in [-0.1, -0.05) is 29.8 Å². The van der Waals surface area contributed by atoms with Crippen LogP contribution in [0.25, 0.3) is 0 Å². The van der Waals surface area contributed by atoms with Gasteiger partial charge in [0.1, 0.15) is 17.7 Å². The van der Waals surface area contributed by atoms with Crippen molar-refractivity contribution in [3.8, 4) is 0 Å². The molecule has 158 valence electrons. The second-order valence-electron chi connectivity index (χ2n) is 7.13. The predicted octanol–water partition coefficient (Wildman–Crippen LogP) is 5.13. The fourth-order valence-electron chi connectivity index (χ4n) is 3.65. The van der Waals surface area contributed by atoms with Crippen LogP contribution in [0.4, 0.5) is 31.5 Å². The molecule has 1 atom stereocenters. The van der Waals surface area contributed by atoms with E-state index in [0.29, 0.717) is 28.2 Å². The number of amides is 2. The Labute approximate surface area is 182 Å². The van der Waals surface area contributed by atoms with Gasteiger partial charge < -0.3 is 15.1 Å². The molecule has 1 heterocycles. The number of fused-ring (bicyclic) bond motifs is 1. The maximum Gasteiger partial charge on any atom is 0.250 e.